The Kier molecular flexibility index (Phi) is 2.73. The second-order valence-corrected chi connectivity index (χ2v) is 4.40. The Balaban J connectivity index is 2.23. The van der Waals surface area contributed by atoms with Crippen molar-refractivity contribution in [1.82, 2.24) is 0 Å². The Labute approximate surface area is 97.3 Å². The van der Waals surface area contributed by atoms with E-state index in [2.05, 4.69) is 10.0 Å². The maximum Gasteiger partial charge on any atom is 0.209 e. The topological polar surface area (TPSA) is 120 Å². The monoisotopic (exact) mass is 240 g/mol. The molecule has 0 amide bonds. The fraction of sp³-hybridized carbons (Fsp3) is 0.889. The van der Waals surface area contributed by atoms with Crippen LogP contribution in [0.15, 0.2) is 5.11 Å². The lowest BCUT2D eigenvalue weighted by Gasteiger charge is -2.27. The van der Waals surface area contributed by atoms with Crippen LogP contribution in [-0.4, -0.2) is 41.5 Å². The molecule has 2 aliphatic heterocycles. The molecule has 0 spiro atoms. The Morgan fingerprint density at radius 2 is 2.24 bits per heavy atom. The zero-order chi connectivity index (χ0) is 12.7. The van der Waals surface area contributed by atoms with Crippen molar-refractivity contribution in [2.24, 2.45) is 5.11 Å². The highest BCUT2D eigenvalue weighted by atomic mass is 16.8. The highest BCUT2D eigenvalue weighted by Gasteiger charge is 2.63. The molecule has 8 nitrogen and oxygen atoms in total. The highest BCUT2D eigenvalue weighted by Crippen LogP contribution is 2.42. The fourth-order valence-electron chi connectivity index (χ4n) is 2.00. The summed E-state index contributed by atoms with van der Waals surface area (Å²) in [5.41, 5.74) is 6.36. The van der Waals surface area contributed by atoms with E-state index in [1.54, 1.807) is 19.9 Å². The van der Waals surface area contributed by atoms with Gasteiger partial charge < -0.3 is 19.3 Å². The van der Waals surface area contributed by atoms with E-state index < -0.39 is 29.9 Å². The molecular formula is C9H12N4O4. The Morgan fingerprint density at radius 3 is 2.82 bits per heavy atom. The number of ether oxygens (including phenoxy) is 3. The van der Waals surface area contributed by atoms with Crippen molar-refractivity contribution < 1.29 is 19.3 Å². The second-order valence-electron chi connectivity index (χ2n) is 4.40. The first-order valence-electron chi connectivity index (χ1n) is 5.08. The van der Waals surface area contributed by atoms with E-state index in [0.717, 1.165) is 0 Å². The Hall–Kier alpha value is -1.36. The normalized spacial score (nSPS) is 42.6. The summed E-state index contributed by atoms with van der Waals surface area (Å²) in [6.45, 7) is 3.17. The SMILES string of the molecule is CC1(C)O[C@H]2O[C@H](CN=[N+]=[N-])[C@](O)(C#N)[C@H]2O1. The molecule has 2 fully saturated rings. The zero-order valence-corrected chi connectivity index (χ0v) is 9.40. The van der Waals surface area contributed by atoms with Crippen molar-refractivity contribution in [3.63, 3.8) is 0 Å². The minimum Gasteiger partial charge on any atom is -0.371 e. The molecule has 0 saturated carbocycles. The molecule has 0 unspecified atom stereocenters. The molecule has 0 aromatic rings. The van der Waals surface area contributed by atoms with Gasteiger partial charge >= 0.3 is 0 Å². The van der Waals surface area contributed by atoms with Crippen LogP contribution in [0.2, 0.25) is 0 Å². The lowest BCUT2D eigenvalue weighted by atomic mass is 9.94. The maximum absolute atomic E-state index is 10.2. The molecule has 1 N–H and O–H groups in total. The van der Waals surface area contributed by atoms with Gasteiger partial charge in [-0.3, -0.25) is 0 Å². The third-order valence-electron chi connectivity index (χ3n) is 2.77. The van der Waals surface area contributed by atoms with E-state index in [4.69, 9.17) is 25.0 Å². The fourth-order valence-corrected chi connectivity index (χ4v) is 2.00. The minimum absolute atomic E-state index is 0.152. The van der Waals surface area contributed by atoms with Crippen LogP contribution in [0, 0.1) is 11.3 Å². The number of hydrogen-bond donors (Lipinski definition) is 1. The molecule has 17 heavy (non-hydrogen) atoms. The smallest absolute Gasteiger partial charge is 0.209 e. The average molecular weight is 240 g/mol. The molecule has 0 aromatic heterocycles. The standard InChI is InChI=1S/C9H12N4O4/c1-8(2)16-6-7(17-8)15-5(3-12-13-11)9(6,14)4-10/h5-7,14H,3H2,1-2H3/t5-,6+,7-,9-/m1/s1. The average Bonchev–Trinajstić information content (AvgIpc) is 2.69. The number of azide groups is 1. The molecule has 8 heteroatoms. The molecule has 0 aromatic carbocycles. The van der Waals surface area contributed by atoms with Crippen LogP contribution in [0.25, 0.3) is 10.4 Å². The molecule has 2 rings (SSSR count). The molecule has 0 bridgehead atoms. The molecule has 2 heterocycles. The summed E-state index contributed by atoms with van der Waals surface area (Å²) in [6, 6.07) is 1.75. The quantitative estimate of drug-likeness (QED) is 0.324. The van der Waals surface area contributed by atoms with Crippen molar-refractivity contribution >= 4 is 0 Å². The number of aliphatic hydroxyl groups is 1. The van der Waals surface area contributed by atoms with Crippen molar-refractivity contribution in [2.75, 3.05) is 6.54 Å². The van der Waals surface area contributed by atoms with Crippen molar-refractivity contribution in [1.29, 1.82) is 5.26 Å². The van der Waals surface area contributed by atoms with Crippen LogP contribution < -0.4 is 0 Å². The first kappa shape index (κ1) is 12.1. The number of nitriles is 1. The van der Waals surface area contributed by atoms with Crippen molar-refractivity contribution in [2.45, 2.75) is 43.7 Å². The second kappa shape index (κ2) is 3.84. The van der Waals surface area contributed by atoms with Gasteiger partial charge in [0, 0.05) is 4.91 Å². The van der Waals surface area contributed by atoms with Crippen LogP contribution >= 0.6 is 0 Å². The summed E-state index contributed by atoms with van der Waals surface area (Å²) in [5, 5.41) is 22.6. The summed E-state index contributed by atoms with van der Waals surface area (Å²) in [7, 11) is 0. The number of rotatable bonds is 2. The Bertz CT molecular complexity index is 414. The first-order valence-corrected chi connectivity index (χ1v) is 5.08. The van der Waals surface area contributed by atoms with Gasteiger partial charge in [-0.25, -0.2) is 0 Å². The molecule has 0 radical (unpaired) electrons. The molecule has 4 atom stereocenters. The third-order valence-corrected chi connectivity index (χ3v) is 2.77. The van der Waals surface area contributed by atoms with E-state index in [0.29, 0.717) is 0 Å². The number of hydrogen-bond acceptors (Lipinski definition) is 6. The zero-order valence-electron chi connectivity index (χ0n) is 9.40. The van der Waals surface area contributed by atoms with E-state index >= 15 is 0 Å². The minimum atomic E-state index is -1.87. The lowest BCUT2D eigenvalue weighted by Crippen LogP contribution is -2.48. The summed E-state index contributed by atoms with van der Waals surface area (Å²) >= 11 is 0. The maximum atomic E-state index is 10.2. The van der Waals surface area contributed by atoms with Crippen LogP contribution in [0.5, 0.6) is 0 Å². The van der Waals surface area contributed by atoms with Crippen molar-refractivity contribution in [3.8, 4) is 6.07 Å². The van der Waals surface area contributed by atoms with Gasteiger partial charge in [0.25, 0.3) is 0 Å². The van der Waals surface area contributed by atoms with Crippen LogP contribution in [-0.2, 0) is 14.2 Å². The predicted molar refractivity (Wildman–Crippen MR) is 53.3 cm³/mol. The van der Waals surface area contributed by atoms with Gasteiger partial charge in [-0.1, -0.05) is 5.11 Å². The van der Waals surface area contributed by atoms with E-state index in [1.807, 2.05) is 0 Å². The van der Waals surface area contributed by atoms with E-state index in [9.17, 15) is 5.11 Å². The van der Waals surface area contributed by atoms with E-state index in [1.165, 1.54) is 0 Å². The first-order chi connectivity index (χ1) is 7.93. The largest absolute Gasteiger partial charge is 0.371 e. The number of fused-ring (bicyclic) bond motifs is 1. The summed E-state index contributed by atoms with van der Waals surface area (Å²) in [5.74, 6) is -0.913. The van der Waals surface area contributed by atoms with Crippen LogP contribution in [0.1, 0.15) is 13.8 Å². The van der Waals surface area contributed by atoms with Crippen molar-refractivity contribution in [3.05, 3.63) is 10.4 Å². The lowest BCUT2D eigenvalue weighted by molar-refractivity contribution is -0.220. The Morgan fingerprint density at radius 1 is 1.53 bits per heavy atom. The van der Waals surface area contributed by atoms with Gasteiger partial charge in [-0.05, 0) is 19.4 Å². The molecule has 2 aliphatic rings. The van der Waals surface area contributed by atoms with Gasteiger partial charge in [0.2, 0.25) is 5.60 Å². The van der Waals surface area contributed by atoms with E-state index in [-0.39, 0.29) is 6.54 Å². The van der Waals surface area contributed by atoms with Gasteiger partial charge in [-0.2, -0.15) is 5.26 Å². The van der Waals surface area contributed by atoms with Gasteiger partial charge in [0.05, 0.1) is 6.54 Å². The highest BCUT2D eigenvalue weighted by molar-refractivity contribution is 5.17. The molecule has 92 valence electrons. The molecule has 2 saturated heterocycles. The van der Waals surface area contributed by atoms with Gasteiger partial charge in [0.1, 0.15) is 12.2 Å². The molecular weight excluding hydrogens is 228 g/mol. The third kappa shape index (κ3) is 1.84. The summed E-state index contributed by atoms with van der Waals surface area (Å²) in [6.07, 6.45) is -2.68. The molecule has 0 aliphatic carbocycles. The predicted octanol–water partition coefficient (Wildman–Crippen LogP) is 0.428. The summed E-state index contributed by atoms with van der Waals surface area (Å²) < 4.78 is 16.2. The van der Waals surface area contributed by atoms with Gasteiger partial charge in [-0.15, -0.1) is 0 Å². The summed E-state index contributed by atoms with van der Waals surface area (Å²) in [4.78, 5) is 2.56. The van der Waals surface area contributed by atoms with Gasteiger partial charge in [0.15, 0.2) is 18.2 Å². The number of nitrogens with zero attached hydrogens (tertiary/aromatic N) is 4. The van der Waals surface area contributed by atoms with Crippen LogP contribution in [0.4, 0.5) is 0 Å². The van der Waals surface area contributed by atoms with Crippen LogP contribution in [0.3, 0.4) is 0 Å².